The molecule has 0 saturated carbocycles. The van der Waals surface area contributed by atoms with Gasteiger partial charge in [0.15, 0.2) is 5.84 Å². The highest BCUT2D eigenvalue weighted by atomic mass is 19.4. The first-order valence-electron chi connectivity index (χ1n) is 9.85. The molecule has 1 aliphatic heterocycles. The van der Waals surface area contributed by atoms with Crippen molar-refractivity contribution < 1.29 is 31.1 Å². The third-order valence-corrected chi connectivity index (χ3v) is 5.31. The number of aromatic nitrogens is 2. The Bertz CT molecular complexity index is 1340. The minimum atomic E-state index is -4.96. The average molecular weight is 481 g/mol. The van der Waals surface area contributed by atoms with Gasteiger partial charge in [-0.3, -0.25) is 19.9 Å². The Hall–Kier alpha value is -3.83. The van der Waals surface area contributed by atoms with Gasteiger partial charge >= 0.3 is 18.4 Å². The number of benzene rings is 2. The van der Waals surface area contributed by atoms with Crippen LogP contribution in [0.2, 0.25) is 0 Å². The van der Waals surface area contributed by atoms with E-state index in [-0.39, 0.29) is 24.2 Å². The Morgan fingerprint density at radius 2 is 1.79 bits per heavy atom. The number of hydrogen-bond donors (Lipinski definition) is 1. The summed E-state index contributed by atoms with van der Waals surface area (Å²) in [5, 5.41) is 7.45. The second kappa shape index (κ2) is 8.19. The fourth-order valence-electron chi connectivity index (χ4n) is 3.61. The molecule has 12 heteroatoms. The number of nitrogens with zero attached hydrogens (tertiary/aromatic N) is 4. The molecule has 0 bridgehead atoms. The van der Waals surface area contributed by atoms with Gasteiger partial charge in [-0.1, -0.05) is 12.1 Å². The number of urea groups is 1. The molecule has 0 radical (unpaired) electrons. The lowest BCUT2D eigenvalue weighted by Crippen LogP contribution is -2.24. The molecule has 4 rings (SSSR count). The first kappa shape index (κ1) is 23.3. The number of likely N-dealkylation sites (N-methyl/N-ethyl adjacent to an activating group) is 1. The zero-order chi connectivity index (χ0) is 24.8. The third-order valence-electron chi connectivity index (χ3n) is 5.31. The second-order valence-corrected chi connectivity index (χ2v) is 7.60. The van der Waals surface area contributed by atoms with Crippen molar-refractivity contribution in [1.29, 1.82) is 0 Å². The maximum atomic E-state index is 13.4. The number of carbonyl (C=O) groups is 1. The number of amides is 2. The van der Waals surface area contributed by atoms with E-state index in [1.807, 2.05) is 0 Å². The summed E-state index contributed by atoms with van der Waals surface area (Å²) in [4.78, 5) is 17.3. The van der Waals surface area contributed by atoms with E-state index in [4.69, 9.17) is 0 Å². The maximum absolute atomic E-state index is 13.4. The summed E-state index contributed by atoms with van der Waals surface area (Å²) in [6.07, 6.45) is -6.63. The van der Waals surface area contributed by atoms with E-state index in [1.165, 1.54) is 22.8 Å². The maximum Gasteiger partial charge on any atom is 0.416 e. The Morgan fingerprint density at radius 3 is 2.44 bits per heavy atom. The van der Waals surface area contributed by atoms with Gasteiger partial charge in [-0.05, 0) is 41.5 Å². The first-order chi connectivity index (χ1) is 15.9. The van der Waals surface area contributed by atoms with Crippen LogP contribution < -0.4 is 5.32 Å². The molecule has 0 atom stereocenters. The van der Waals surface area contributed by atoms with E-state index < -0.39 is 23.5 Å². The number of fused-ring (bicyclic) bond motifs is 1. The molecule has 0 aliphatic carbocycles. The molecule has 3 aromatic rings. The molecule has 1 N–H and O–H groups in total. The lowest BCUT2D eigenvalue weighted by atomic mass is 10.0. The zero-order valence-corrected chi connectivity index (χ0v) is 17.8. The third kappa shape index (κ3) is 4.47. The van der Waals surface area contributed by atoms with E-state index >= 15 is 0 Å². The van der Waals surface area contributed by atoms with Crippen molar-refractivity contribution >= 4 is 28.8 Å². The predicted molar refractivity (Wildman–Crippen MR) is 113 cm³/mol. The van der Waals surface area contributed by atoms with Gasteiger partial charge < -0.3 is 0 Å². The van der Waals surface area contributed by atoms with E-state index in [0.717, 1.165) is 6.07 Å². The molecule has 0 spiro atoms. The van der Waals surface area contributed by atoms with Crippen LogP contribution in [0.15, 0.2) is 53.3 Å². The smallest absolute Gasteiger partial charge is 0.294 e. The normalized spacial score (nSPS) is 17.3. The number of nitrogens with one attached hydrogen (secondary N) is 1. The summed E-state index contributed by atoms with van der Waals surface area (Å²) >= 11 is 0. The van der Waals surface area contributed by atoms with Gasteiger partial charge in [0.25, 0.3) is 0 Å². The Kier molecular flexibility index (Phi) is 5.62. The van der Waals surface area contributed by atoms with Crippen LogP contribution in [0.25, 0.3) is 17.0 Å². The molecule has 6 nitrogen and oxygen atoms in total. The minimum absolute atomic E-state index is 0.114. The van der Waals surface area contributed by atoms with E-state index in [2.05, 4.69) is 15.4 Å². The van der Waals surface area contributed by atoms with Gasteiger partial charge in [0, 0.05) is 25.7 Å². The zero-order valence-electron chi connectivity index (χ0n) is 17.8. The molecule has 2 aromatic carbocycles. The summed E-state index contributed by atoms with van der Waals surface area (Å²) in [5.74, 6) is 0.394. The SMILES string of the molecule is CN=C1NC(=O)N(C)/C1=C\c1ccc2nn(Cc3ccc(C(F)(F)F)cc3C(F)(F)F)cc2c1. The molecule has 2 heterocycles. The minimum Gasteiger partial charge on any atom is -0.294 e. The summed E-state index contributed by atoms with van der Waals surface area (Å²) in [6, 6.07) is 6.32. The molecular weight excluding hydrogens is 464 g/mol. The van der Waals surface area contributed by atoms with Gasteiger partial charge in [0.2, 0.25) is 0 Å². The van der Waals surface area contributed by atoms with Crippen LogP contribution in [0.4, 0.5) is 31.1 Å². The Morgan fingerprint density at radius 1 is 1.06 bits per heavy atom. The van der Waals surface area contributed by atoms with Crippen molar-refractivity contribution in [2.75, 3.05) is 14.1 Å². The van der Waals surface area contributed by atoms with Crippen LogP contribution in [-0.4, -0.2) is 40.6 Å². The largest absolute Gasteiger partial charge is 0.416 e. The van der Waals surface area contributed by atoms with Crippen LogP contribution in [0.5, 0.6) is 0 Å². The molecule has 1 saturated heterocycles. The van der Waals surface area contributed by atoms with E-state index in [9.17, 15) is 31.1 Å². The molecule has 1 aliphatic rings. The van der Waals surface area contributed by atoms with Gasteiger partial charge in [0.1, 0.15) is 0 Å². The predicted octanol–water partition coefficient (Wildman–Crippen LogP) is 5.15. The number of carbonyl (C=O) groups excluding carboxylic acids is 1. The lowest BCUT2D eigenvalue weighted by Gasteiger charge is -2.16. The number of rotatable bonds is 3. The lowest BCUT2D eigenvalue weighted by molar-refractivity contribution is -0.143. The van der Waals surface area contributed by atoms with Crippen molar-refractivity contribution in [2.24, 2.45) is 4.99 Å². The standard InChI is InChI=1S/C22H17F6N5O/c1-29-19-18(32(2)20(34)30-19)8-12-3-6-17-14(7-12)11-33(31-17)10-13-4-5-15(21(23,24)25)9-16(13)22(26,27)28/h3-9,11H,10H2,1-2H3,(H,29,30,34)/b18-8-. The summed E-state index contributed by atoms with van der Waals surface area (Å²) in [5.41, 5.74) is -1.35. The fourth-order valence-corrected chi connectivity index (χ4v) is 3.61. The molecule has 0 unspecified atom stereocenters. The number of aliphatic imine (C=N–C) groups is 1. The molecule has 178 valence electrons. The highest BCUT2D eigenvalue weighted by molar-refractivity contribution is 6.16. The van der Waals surface area contributed by atoms with Crippen molar-refractivity contribution in [3.05, 3.63) is 70.5 Å². The molecular formula is C22H17F6N5O. The fraction of sp³-hybridized carbons (Fsp3) is 0.227. The first-order valence-corrected chi connectivity index (χ1v) is 9.85. The Balaban J connectivity index is 1.68. The van der Waals surface area contributed by atoms with Gasteiger partial charge in [-0.15, -0.1) is 0 Å². The van der Waals surface area contributed by atoms with Crippen LogP contribution in [-0.2, 0) is 18.9 Å². The average Bonchev–Trinajstić information content (AvgIpc) is 3.27. The van der Waals surface area contributed by atoms with Gasteiger partial charge in [-0.2, -0.15) is 31.4 Å². The van der Waals surface area contributed by atoms with Crippen molar-refractivity contribution in [1.82, 2.24) is 20.0 Å². The summed E-state index contributed by atoms with van der Waals surface area (Å²) < 4.78 is 80.3. The molecule has 2 amide bonds. The van der Waals surface area contributed by atoms with Gasteiger partial charge in [-0.25, -0.2) is 4.79 Å². The van der Waals surface area contributed by atoms with Crippen molar-refractivity contribution in [3.8, 4) is 0 Å². The van der Waals surface area contributed by atoms with Crippen molar-refractivity contribution in [3.63, 3.8) is 0 Å². The van der Waals surface area contributed by atoms with E-state index in [0.29, 0.717) is 34.1 Å². The monoisotopic (exact) mass is 481 g/mol. The second-order valence-electron chi connectivity index (χ2n) is 7.60. The highest BCUT2D eigenvalue weighted by Crippen LogP contribution is 2.37. The number of hydrogen-bond acceptors (Lipinski definition) is 3. The van der Waals surface area contributed by atoms with Crippen LogP contribution >= 0.6 is 0 Å². The van der Waals surface area contributed by atoms with Crippen LogP contribution in [0, 0.1) is 0 Å². The number of amidine groups is 1. The summed E-state index contributed by atoms with van der Waals surface area (Å²) in [7, 11) is 3.12. The van der Waals surface area contributed by atoms with E-state index in [1.54, 1.807) is 31.3 Å². The quantitative estimate of drug-likeness (QED) is 0.527. The topological polar surface area (TPSA) is 62.5 Å². The van der Waals surface area contributed by atoms with Gasteiger partial charge in [0.05, 0.1) is 28.9 Å². The van der Waals surface area contributed by atoms with Crippen LogP contribution in [0.1, 0.15) is 22.3 Å². The number of halogens is 6. The Labute approximate surface area is 189 Å². The van der Waals surface area contributed by atoms with Crippen molar-refractivity contribution in [2.45, 2.75) is 18.9 Å². The highest BCUT2D eigenvalue weighted by Gasteiger charge is 2.38. The van der Waals surface area contributed by atoms with Crippen LogP contribution in [0.3, 0.4) is 0 Å². The molecule has 1 aromatic heterocycles. The summed E-state index contributed by atoms with van der Waals surface area (Å²) in [6.45, 7) is -0.369. The molecule has 1 fully saturated rings. The molecule has 34 heavy (non-hydrogen) atoms. The number of alkyl halides is 6.